The van der Waals surface area contributed by atoms with E-state index in [1.54, 1.807) is 0 Å². The smallest absolute Gasteiger partial charge is 0.222 e. The van der Waals surface area contributed by atoms with Gasteiger partial charge in [-0.15, -0.1) is 0 Å². The van der Waals surface area contributed by atoms with Gasteiger partial charge in [0.25, 0.3) is 0 Å². The maximum Gasteiger partial charge on any atom is 0.222 e. The number of carbonyl (C=O) groups excluding carboxylic acids is 1. The summed E-state index contributed by atoms with van der Waals surface area (Å²) in [7, 11) is 0. The SMILES string of the molecule is CCCN(C(=O)CCCSC)C1CCNCC1. The lowest BCUT2D eigenvalue weighted by atomic mass is 10.0. The fraction of sp³-hybridized carbons (Fsp3) is 0.923. The van der Waals surface area contributed by atoms with Gasteiger partial charge in [-0.25, -0.2) is 0 Å². The minimum Gasteiger partial charge on any atom is -0.340 e. The molecule has 1 amide bonds. The molecule has 0 spiro atoms. The van der Waals surface area contributed by atoms with E-state index in [1.807, 2.05) is 11.8 Å². The Morgan fingerprint density at radius 2 is 2.12 bits per heavy atom. The monoisotopic (exact) mass is 258 g/mol. The lowest BCUT2D eigenvalue weighted by Gasteiger charge is -2.34. The van der Waals surface area contributed by atoms with Crippen LogP contribution >= 0.6 is 11.8 Å². The van der Waals surface area contributed by atoms with E-state index >= 15 is 0 Å². The van der Waals surface area contributed by atoms with Gasteiger partial charge in [0, 0.05) is 19.0 Å². The molecule has 0 radical (unpaired) electrons. The Labute approximate surface area is 110 Å². The first-order valence-corrected chi connectivity index (χ1v) is 8.18. The molecule has 17 heavy (non-hydrogen) atoms. The van der Waals surface area contributed by atoms with E-state index < -0.39 is 0 Å². The van der Waals surface area contributed by atoms with E-state index in [0.717, 1.165) is 57.5 Å². The van der Waals surface area contributed by atoms with Crippen molar-refractivity contribution in [1.82, 2.24) is 10.2 Å². The van der Waals surface area contributed by atoms with Crippen molar-refractivity contribution in [3.63, 3.8) is 0 Å². The molecule has 1 heterocycles. The molecule has 0 aromatic carbocycles. The van der Waals surface area contributed by atoms with E-state index in [1.165, 1.54) is 0 Å². The number of nitrogens with one attached hydrogen (secondary N) is 1. The van der Waals surface area contributed by atoms with Crippen LogP contribution < -0.4 is 5.32 Å². The fourth-order valence-corrected chi connectivity index (χ4v) is 2.81. The van der Waals surface area contributed by atoms with Crippen molar-refractivity contribution in [3.8, 4) is 0 Å². The van der Waals surface area contributed by atoms with Crippen molar-refractivity contribution in [1.29, 1.82) is 0 Å². The van der Waals surface area contributed by atoms with Crippen molar-refractivity contribution in [2.45, 2.75) is 45.1 Å². The summed E-state index contributed by atoms with van der Waals surface area (Å²) in [6.07, 6.45) is 7.15. The van der Waals surface area contributed by atoms with E-state index in [9.17, 15) is 4.79 Å². The first-order chi connectivity index (χ1) is 8.29. The number of amides is 1. The predicted molar refractivity (Wildman–Crippen MR) is 75.5 cm³/mol. The highest BCUT2D eigenvalue weighted by Gasteiger charge is 2.23. The van der Waals surface area contributed by atoms with Crippen molar-refractivity contribution < 1.29 is 4.79 Å². The number of hydrogen-bond acceptors (Lipinski definition) is 3. The third-order valence-corrected chi connectivity index (χ3v) is 3.97. The molecular weight excluding hydrogens is 232 g/mol. The zero-order chi connectivity index (χ0) is 12.5. The predicted octanol–water partition coefficient (Wildman–Crippen LogP) is 2.12. The van der Waals surface area contributed by atoms with Crippen LogP contribution in [0.15, 0.2) is 0 Å². The van der Waals surface area contributed by atoms with Crippen molar-refractivity contribution in [2.75, 3.05) is 31.6 Å². The van der Waals surface area contributed by atoms with Gasteiger partial charge in [0.05, 0.1) is 0 Å². The molecule has 0 atom stereocenters. The Hall–Kier alpha value is -0.220. The molecule has 4 heteroatoms. The van der Waals surface area contributed by atoms with Gasteiger partial charge in [0.1, 0.15) is 0 Å². The summed E-state index contributed by atoms with van der Waals surface area (Å²) in [6.45, 7) is 5.21. The van der Waals surface area contributed by atoms with Gasteiger partial charge >= 0.3 is 0 Å². The summed E-state index contributed by atoms with van der Waals surface area (Å²) < 4.78 is 0. The Balaban J connectivity index is 2.42. The van der Waals surface area contributed by atoms with Gasteiger partial charge in [0.15, 0.2) is 0 Å². The van der Waals surface area contributed by atoms with Gasteiger partial charge < -0.3 is 10.2 Å². The molecule has 0 saturated carbocycles. The zero-order valence-corrected chi connectivity index (χ0v) is 12.0. The average Bonchev–Trinajstić information content (AvgIpc) is 2.37. The molecular formula is C13H26N2OS. The quantitative estimate of drug-likeness (QED) is 0.710. The van der Waals surface area contributed by atoms with Crippen molar-refractivity contribution >= 4 is 17.7 Å². The van der Waals surface area contributed by atoms with E-state index in [2.05, 4.69) is 23.4 Å². The largest absolute Gasteiger partial charge is 0.340 e. The van der Waals surface area contributed by atoms with Crippen LogP contribution in [-0.4, -0.2) is 48.5 Å². The second kappa shape index (κ2) is 8.81. The molecule has 1 aliphatic rings. The summed E-state index contributed by atoms with van der Waals surface area (Å²) >= 11 is 1.82. The summed E-state index contributed by atoms with van der Waals surface area (Å²) in [5.74, 6) is 1.46. The Kier molecular flexibility index (Phi) is 7.69. The molecule has 100 valence electrons. The summed E-state index contributed by atoms with van der Waals surface area (Å²) in [5.41, 5.74) is 0. The molecule has 1 rings (SSSR count). The highest BCUT2D eigenvalue weighted by molar-refractivity contribution is 7.98. The van der Waals surface area contributed by atoms with Crippen LogP contribution in [0.25, 0.3) is 0 Å². The van der Waals surface area contributed by atoms with E-state index in [4.69, 9.17) is 0 Å². The molecule has 0 aromatic rings. The van der Waals surface area contributed by atoms with Crippen LogP contribution in [-0.2, 0) is 4.79 Å². The number of hydrogen-bond donors (Lipinski definition) is 1. The second-order valence-electron chi connectivity index (χ2n) is 4.66. The molecule has 0 aliphatic carbocycles. The molecule has 1 N–H and O–H groups in total. The van der Waals surface area contributed by atoms with Crippen LogP contribution in [0.4, 0.5) is 0 Å². The molecule has 1 aliphatic heterocycles. The van der Waals surface area contributed by atoms with Gasteiger partial charge in [0.2, 0.25) is 5.91 Å². The summed E-state index contributed by atoms with van der Waals surface area (Å²) in [5, 5.41) is 3.36. The van der Waals surface area contributed by atoms with Crippen LogP contribution in [0.1, 0.15) is 39.0 Å². The normalized spacial score (nSPS) is 17.1. The van der Waals surface area contributed by atoms with Crippen molar-refractivity contribution in [2.24, 2.45) is 0 Å². The van der Waals surface area contributed by atoms with Gasteiger partial charge in [-0.1, -0.05) is 6.92 Å². The first kappa shape index (κ1) is 14.8. The first-order valence-electron chi connectivity index (χ1n) is 6.78. The van der Waals surface area contributed by atoms with Gasteiger partial charge in [-0.05, 0) is 50.8 Å². The van der Waals surface area contributed by atoms with Gasteiger partial charge in [-0.2, -0.15) is 11.8 Å². The third kappa shape index (κ3) is 5.30. The number of piperidine rings is 1. The molecule has 1 saturated heterocycles. The molecule has 0 aromatic heterocycles. The summed E-state index contributed by atoms with van der Waals surface area (Å²) in [4.78, 5) is 14.3. The highest BCUT2D eigenvalue weighted by atomic mass is 32.2. The average molecular weight is 258 g/mol. The van der Waals surface area contributed by atoms with Crippen molar-refractivity contribution in [3.05, 3.63) is 0 Å². The molecule has 1 fully saturated rings. The van der Waals surface area contributed by atoms with E-state index in [-0.39, 0.29) is 0 Å². The molecule has 0 unspecified atom stereocenters. The van der Waals surface area contributed by atoms with E-state index in [0.29, 0.717) is 11.9 Å². The topological polar surface area (TPSA) is 32.3 Å². The maximum atomic E-state index is 12.2. The molecule has 3 nitrogen and oxygen atoms in total. The van der Waals surface area contributed by atoms with Crippen LogP contribution in [0.3, 0.4) is 0 Å². The number of carbonyl (C=O) groups is 1. The number of thioether (sulfide) groups is 1. The lowest BCUT2D eigenvalue weighted by molar-refractivity contribution is -0.134. The highest BCUT2D eigenvalue weighted by Crippen LogP contribution is 2.15. The Morgan fingerprint density at radius 3 is 2.71 bits per heavy atom. The Bertz CT molecular complexity index is 217. The number of nitrogens with zero attached hydrogens (tertiary/aromatic N) is 1. The van der Waals surface area contributed by atoms with Crippen LogP contribution in [0, 0.1) is 0 Å². The minimum atomic E-state index is 0.368. The summed E-state index contributed by atoms with van der Waals surface area (Å²) in [6, 6.07) is 0.484. The minimum absolute atomic E-state index is 0.368. The van der Waals surface area contributed by atoms with Crippen LogP contribution in [0.2, 0.25) is 0 Å². The zero-order valence-electron chi connectivity index (χ0n) is 11.2. The lowest BCUT2D eigenvalue weighted by Crippen LogP contribution is -2.46. The standard InChI is InChI=1S/C13H26N2OS/c1-3-10-15(12-6-8-14-9-7-12)13(16)5-4-11-17-2/h12,14H,3-11H2,1-2H3. The Morgan fingerprint density at radius 1 is 1.41 bits per heavy atom. The molecule has 0 bridgehead atoms. The fourth-order valence-electron chi connectivity index (χ4n) is 2.38. The second-order valence-corrected chi connectivity index (χ2v) is 5.65. The van der Waals surface area contributed by atoms with Gasteiger partial charge in [-0.3, -0.25) is 4.79 Å². The third-order valence-electron chi connectivity index (χ3n) is 3.27. The van der Waals surface area contributed by atoms with Crippen LogP contribution in [0.5, 0.6) is 0 Å². The maximum absolute atomic E-state index is 12.2. The number of rotatable bonds is 7.